The molecule has 1 unspecified atom stereocenters. The molecule has 0 fully saturated rings. The molecule has 0 aliphatic carbocycles. The van der Waals surface area contributed by atoms with E-state index < -0.39 is 12.0 Å². The van der Waals surface area contributed by atoms with Crippen LogP contribution in [0, 0.1) is 0 Å². The van der Waals surface area contributed by atoms with E-state index in [9.17, 15) is 9.59 Å². The van der Waals surface area contributed by atoms with Crippen molar-refractivity contribution >= 4 is 29.5 Å². The molecular formula is C28H28N2O5S. The lowest BCUT2D eigenvalue weighted by Crippen LogP contribution is -2.40. The summed E-state index contributed by atoms with van der Waals surface area (Å²) >= 11 is 1.27. The van der Waals surface area contributed by atoms with E-state index in [1.807, 2.05) is 61.5 Å². The number of hydrogen-bond acceptors (Lipinski definition) is 7. The fraction of sp³-hybridized carbons (Fsp3) is 0.250. The molecule has 1 aliphatic rings. The van der Waals surface area contributed by atoms with Crippen molar-refractivity contribution in [3.8, 4) is 11.5 Å². The minimum Gasteiger partial charge on any atom is -0.493 e. The Kier molecular flexibility index (Phi) is 7.85. The van der Waals surface area contributed by atoms with Gasteiger partial charge >= 0.3 is 5.97 Å². The number of allylic oxidation sites excluding steroid dienone is 2. The minimum atomic E-state index is -0.780. The molecule has 186 valence electrons. The van der Waals surface area contributed by atoms with Gasteiger partial charge in [0.05, 0.1) is 36.1 Å². The third kappa shape index (κ3) is 4.90. The van der Waals surface area contributed by atoms with E-state index in [1.54, 1.807) is 37.7 Å². The van der Waals surface area contributed by atoms with Gasteiger partial charge in [0.15, 0.2) is 16.3 Å². The molecule has 7 nitrogen and oxygen atoms in total. The van der Waals surface area contributed by atoms with E-state index in [1.165, 1.54) is 11.3 Å². The van der Waals surface area contributed by atoms with Crippen molar-refractivity contribution in [2.24, 2.45) is 4.99 Å². The van der Waals surface area contributed by atoms with Crippen LogP contribution < -0.4 is 24.4 Å². The molecule has 36 heavy (non-hydrogen) atoms. The third-order valence-electron chi connectivity index (χ3n) is 5.67. The lowest BCUT2D eigenvalue weighted by Gasteiger charge is -2.26. The number of hydrogen-bond donors (Lipinski definition) is 0. The summed E-state index contributed by atoms with van der Waals surface area (Å²) in [6, 6.07) is 14.5. The summed E-state index contributed by atoms with van der Waals surface area (Å²) in [5.41, 5.74) is 2.20. The van der Waals surface area contributed by atoms with Crippen LogP contribution >= 0.6 is 11.3 Å². The molecule has 2 aromatic carbocycles. The maximum atomic E-state index is 13.7. The number of carbonyl (C=O) groups excluding carboxylic acids is 1. The summed E-state index contributed by atoms with van der Waals surface area (Å²) < 4.78 is 18.9. The van der Waals surface area contributed by atoms with Crippen molar-refractivity contribution in [3.05, 3.63) is 96.7 Å². The number of aromatic nitrogens is 1. The van der Waals surface area contributed by atoms with Gasteiger partial charge in [-0.1, -0.05) is 66.0 Å². The highest BCUT2D eigenvalue weighted by Crippen LogP contribution is 2.40. The molecule has 1 aliphatic heterocycles. The van der Waals surface area contributed by atoms with Gasteiger partial charge in [-0.25, -0.2) is 9.79 Å². The van der Waals surface area contributed by atoms with Crippen LogP contribution in [0.15, 0.2) is 75.7 Å². The minimum absolute atomic E-state index is 0.202. The molecule has 0 saturated heterocycles. The molecule has 0 N–H and O–H groups in total. The maximum absolute atomic E-state index is 13.7. The lowest BCUT2D eigenvalue weighted by molar-refractivity contribution is -0.139. The summed E-state index contributed by atoms with van der Waals surface area (Å²) in [6.07, 6.45) is 5.54. The number of rotatable bonds is 8. The van der Waals surface area contributed by atoms with Gasteiger partial charge in [0.2, 0.25) is 0 Å². The molecule has 2 heterocycles. The molecule has 8 heteroatoms. The second kappa shape index (κ2) is 11.2. The van der Waals surface area contributed by atoms with Crippen molar-refractivity contribution in [1.29, 1.82) is 0 Å². The molecule has 3 aromatic rings. The smallest absolute Gasteiger partial charge is 0.338 e. The van der Waals surface area contributed by atoms with Crippen molar-refractivity contribution in [2.45, 2.75) is 26.8 Å². The highest BCUT2D eigenvalue weighted by molar-refractivity contribution is 7.07. The number of ether oxygens (including phenoxy) is 3. The Morgan fingerprint density at radius 3 is 2.58 bits per heavy atom. The standard InChI is InChI=1S/C28H28N2O5S/c1-5-34-25-20(15-11-16-21(25)33-4)24-23(27(32)35-6-2)18(3)29-28-30(24)26(31)22(36-28)17-10-14-19-12-8-7-9-13-19/h7-17,24H,5-6H2,1-4H3/b14-10+,22-17+. The van der Waals surface area contributed by atoms with E-state index in [2.05, 4.69) is 4.99 Å². The van der Waals surface area contributed by atoms with Crippen LogP contribution in [0.3, 0.4) is 0 Å². The molecule has 0 amide bonds. The Morgan fingerprint density at radius 2 is 1.89 bits per heavy atom. The highest BCUT2D eigenvalue weighted by Gasteiger charge is 2.35. The van der Waals surface area contributed by atoms with Crippen LogP contribution in [0.1, 0.15) is 37.9 Å². The fourth-order valence-corrected chi connectivity index (χ4v) is 5.12. The van der Waals surface area contributed by atoms with Gasteiger partial charge in [-0.05, 0) is 38.5 Å². The Labute approximate surface area is 213 Å². The Balaban J connectivity index is 1.93. The zero-order valence-corrected chi connectivity index (χ0v) is 21.5. The Bertz CT molecular complexity index is 1500. The molecule has 0 bridgehead atoms. The highest BCUT2D eigenvalue weighted by atomic mass is 32.1. The summed E-state index contributed by atoms with van der Waals surface area (Å²) in [4.78, 5) is 31.9. The van der Waals surface area contributed by atoms with E-state index in [4.69, 9.17) is 14.2 Å². The van der Waals surface area contributed by atoms with E-state index >= 15 is 0 Å². The van der Waals surface area contributed by atoms with Gasteiger partial charge < -0.3 is 14.2 Å². The summed E-state index contributed by atoms with van der Waals surface area (Å²) in [5, 5.41) is 0. The van der Waals surface area contributed by atoms with Crippen molar-refractivity contribution in [3.63, 3.8) is 0 Å². The van der Waals surface area contributed by atoms with Gasteiger partial charge in [-0.3, -0.25) is 9.36 Å². The molecule has 0 saturated carbocycles. The first kappa shape index (κ1) is 25.2. The van der Waals surface area contributed by atoms with Crippen LogP contribution in [0.2, 0.25) is 0 Å². The van der Waals surface area contributed by atoms with Crippen molar-refractivity contribution in [2.75, 3.05) is 20.3 Å². The fourth-order valence-electron chi connectivity index (χ4n) is 4.12. The van der Waals surface area contributed by atoms with Crippen molar-refractivity contribution < 1.29 is 19.0 Å². The molecule has 1 aromatic heterocycles. The first-order valence-electron chi connectivity index (χ1n) is 11.7. The van der Waals surface area contributed by atoms with E-state index in [0.29, 0.717) is 44.3 Å². The quantitative estimate of drug-likeness (QED) is 0.435. The lowest BCUT2D eigenvalue weighted by atomic mass is 9.94. The van der Waals surface area contributed by atoms with Gasteiger partial charge in [0, 0.05) is 5.56 Å². The molecular weight excluding hydrogens is 476 g/mol. The number of esters is 1. The van der Waals surface area contributed by atoms with Crippen LogP contribution in [0.25, 0.3) is 12.2 Å². The van der Waals surface area contributed by atoms with Crippen molar-refractivity contribution in [1.82, 2.24) is 4.57 Å². The average molecular weight is 505 g/mol. The first-order chi connectivity index (χ1) is 17.5. The SMILES string of the molecule is CCOC(=O)C1=C(C)N=c2s/c(=C/C=C/c3ccccc3)c(=O)n2C1c1cccc(OC)c1OCC. The topological polar surface area (TPSA) is 79.1 Å². The molecule has 0 spiro atoms. The number of thiazole rings is 1. The number of fused-ring (bicyclic) bond motifs is 1. The van der Waals surface area contributed by atoms with Gasteiger partial charge in [0.25, 0.3) is 5.56 Å². The van der Waals surface area contributed by atoms with Gasteiger partial charge in [0.1, 0.15) is 6.04 Å². The molecule has 0 radical (unpaired) electrons. The zero-order valence-electron chi connectivity index (χ0n) is 20.7. The summed E-state index contributed by atoms with van der Waals surface area (Å²) in [7, 11) is 1.56. The third-order valence-corrected chi connectivity index (χ3v) is 6.67. The number of benzene rings is 2. The summed E-state index contributed by atoms with van der Waals surface area (Å²) in [6.45, 7) is 5.96. The maximum Gasteiger partial charge on any atom is 0.338 e. The first-order valence-corrected chi connectivity index (χ1v) is 12.5. The number of nitrogens with zero attached hydrogens (tertiary/aromatic N) is 2. The number of methoxy groups -OCH3 is 1. The van der Waals surface area contributed by atoms with Gasteiger partial charge in [-0.2, -0.15) is 0 Å². The predicted octanol–water partition coefficient (Wildman–Crippen LogP) is 3.87. The molecule has 4 rings (SSSR count). The van der Waals surface area contributed by atoms with Crippen LogP contribution in [-0.2, 0) is 9.53 Å². The van der Waals surface area contributed by atoms with Crippen LogP contribution in [0.5, 0.6) is 11.5 Å². The second-order valence-electron chi connectivity index (χ2n) is 7.91. The number of carbonyl (C=O) groups is 1. The van der Waals surface area contributed by atoms with Gasteiger partial charge in [-0.15, -0.1) is 0 Å². The van der Waals surface area contributed by atoms with E-state index in [0.717, 1.165) is 5.56 Å². The van der Waals surface area contributed by atoms with E-state index in [-0.39, 0.29) is 12.2 Å². The summed E-state index contributed by atoms with van der Waals surface area (Å²) in [5.74, 6) is 0.468. The zero-order chi connectivity index (χ0) is 25.7. The predicted molar refractivity (Wildman–Crippen MR) is 141 cm³/mol. The average Bonchev–Trinajstić information content (AvgIpc) is 3.19. The normalized spacial score (nSPS) is 15.6. The second-order valence-corrected chi connectivity index (χ2v) is 8.92. The van der Waals surface area contributed by atoms with Crippen LogP contribution in [0.4, 0.5) is 0 Å². The molecule has 1 atom stereocenters. The monoisotopic (exact) mass is 504 g/mol. The Morgan fingerprint density at radius 1 is 1.11 bits per heavy atom. The largest absolute Gasteiger partial charge is 0.493 e. The van der Waals surface area contributed by atoms with Crippen LogP contribution in [-0.4, -0.2) is 30.9 Å². The Hall–Kier alpha value is -3.91. The number of para-hydroxylation sites is 1.